The van der Waals surface area contributed by atoms with Gasteiger partial charge in [-0.1, -0.05) is 18.9 Å². The highest BCUT2D eigenvalue weighted by Gasteiger charge is 2.45. The molecule has 2 aliphatic rings. The first-order valence-electron chi connectivity index (χ1n) is 6.18. The van der Waals surface area contributed by atoms with Gasteiger partial charge in [0.15, 0.2) is 0 Å². The van der Waals surface area contributed by atoms with Crippen LogP contribution >= 0.6 is 0 Å². The summed E-state index contributed by atoms with van der Waals surface area (Å²) >= 11 is 0. The summed E-state index contributed by atoms with van der Waals surface area (Å²) in [7, 11) is 0. The second-order valence-corrected chi connectivity index (χ2v) is 5.31. The Balaban J connectivity index is 1.83. The summed E-state index contributed by atoms with van der Waals surface area (Å²) in [6.07, 6.45) is 5.23. The van der Waals surface area contributed by atoms with Gasteiger partial charge in [-0.25, -0.2) is 4.39 Å². The van der Waals surface area contributed by atoms with E-state index in [0.717, 1.165) is 18.8 Å². The van der Waals surface area contributed by atoms with Crippen molar-refractivity contribution in [1.29, 1.82) is 5.26 Å². The molecule has 88 valence electrons. The summed E-state index contributed by atoms with van der Waals surface area (Å²) in [4.78, 5) is 2.15. The average molecular weight is 230 g/mol. The van der Waals surface area contributed by atoms with Gasteiger partial charge in [-0.3, -0.25) is 0 Å². The molecule has 0 N–H and O–H groups in total. The van der Waals surface area contributed by atoms with Crippen LogP contribution in [0, 0.1) is 22.6 Å². The number of hydrogen-bond donors (Lipinski definition) is 0. The molecule has 17 heavy (non-hydrogen) atoms. The molecule has 0 unspecified atom stereocenters. The predicted octanol–water partition coefficient (Wildman–Crippen LogP) is 3.08. The largest absolute Gasteiger partial charge is 0.369 e. The Hall–Kier alpha value is -1.56. The molecule has 0 atom stereocenters. The Kier molecular flexibility index (Phi) is 2.32. The maximum atomic E-state index is 13.5. The van der Waals surface area contributed by atoms with Gasteiger partial charge in [-0.15, -0.1) is 0 Å². The normalized spacial score (nSPS) is 21.3. The van der Waals surface area contributed by atoms with Crippen molar-refractivity contribution in [2.45, 2.75) is 25.7 Å². The molecule has 1 heterocycles. The molecule has 3 heteroatoms. The molecule has 1 saturated heterocycles. The minimum absolute atomic E-state index is 0.195. The summed E-state index contributed by atoms with van der Waals surface area (Å²) in [6.45, 7) is 1.98. The molecule has 2 fully saturated rings. The third-order valence-electron chi connectivity index (χ3n) is 4.16. The third kappa shape index (κ3) is 1.59. The van der Waals surface area contributed by atoms with E-state index >= 15 is 0 Å². The fourth-order valence-electron chi connectivity index (χ4n) is 3.26. The van der Waals surface area contributed by atoms with Gasteiger partial charge < -0.3 is 4.90 Å². The second kappa shape index (κ2) is 3.73. The molecule has 1 aromatic carbocycles. The summed E-state index contributed by atoms with van der Waals surface area (Å²) in [5.41, 5.74) is 1.43. The Bertz CT molecular complexity index is 475. The van der Waals surface area contributed by atoms with Crippen LogP contribution in [0.2, 0.25) is 0 Å². The van der Waals surface area contributed by atoms with E-state index in [9.17, 15) is 4.39 Å². The fraction of sp³-hybridized carbons (Fsp3) is 0.500. The van der Waals surface area contributed by atoms with E-state index in [2.05, 4.69) is 4.90 Å². The van der Waals surface area contributed by atoms with E-state index in [1.54, 1.807) is 6.07 Å². The number of benzene rings is 1. The number of anilines is 1. The van der Waals surface area contributed by atoms with Crippen molar-refractivity contribution in [3.05, 3.63) is 29.6 Å². The van der Waals surface area contributed by atoms with Crippen molar-refractivity contribution < 1.29 is 4.39 Å². The van der Waals surface area contributed by atoms with Crippen LogP contribution in [-0.2, 0) is 0 Å². The van der Waals surface area contributed by atoms with E-state index in [-0.39, 0.29) is 5.56 Å². The van der Waals surface area contributed by atoms with Crippen LogP contribution in [0.15, 0.2) is 18.2 Å². The third-order valence-corrected chi connectivity index (χ3v) is 4.16. The van der Waals surface area contributed by atoms with Gasteiger partial charge in [-0.05, 0) is 25.0 Å². The zero-order valence-electron chi connectivity index (χ0n) is 9.75. The molecule has 3 rings (SSSR count). The van der Waals surface area contributed by atoms with Gasteiger partial charge in [0.1, 0.15) is 17.4 Å². The van der Waals surface area contributed by atoms with Crippen molar-refractivity contribution in [3.8, 4) is 6.07 Å². The lowest BCUT2D eigenvalue weighted by Gasteiger charge is -2.50. The molecule has 2 nitrogen and oxygen atoms in total. The van der Waals surface area contributed by atoms with Crippen LogP contribution in [0.1, 0.15) is 31.2 Å². The van der Waals surface area contributed by atoms with Crippen LogP contribution in [-0.4, -0.2) is 13.1 Å². The smallest absolute Gasteiger partial charge is 0.143 e. The maximum Gasteiger partial charge on any atom is 0.143 e. The molecule has 1 aromatic rings. The molecule has 0 amide bonds. The monoisotopic (exact) mass is 230 g/mol. The van der Waals surface area contributed by atoms with E-state index in [4.69, 9.17) is 5.26 Å². The van der Waals surface area contributed by atoms with E-state index in [1.807, 2.05) is 12.1 Å². The predicted molar refractivity (Wildman–Crippen MR) is 64.2 cm³/mol. The van der Waals surface area contributed by atoms with Gasteiger partial charge in [0, 0.05) is 18.5 Å². The highest BCUT2D eigenvalue weighted by molar-refractivity contribution is 5.61. The molecular weight excluding hydrogens is 215 g/mol. The standard InChI is InChI=1S/C14H15FN2/c15-12-4-3-5-13(11(12)8-16)17-9-14(10-17)6-1-2-7-14/h3-5H,1-2,6-7,9-10H2. The van der Waals surface area contributed by atoms with Crippen LogP contribution in [0.3, 0.4) is 0 Å². The molecular formula is C14H15FN2. The molecule has 0 radical (unpaired) electrons. The average Bonchev–Trinajstić information content (AvgIpc) is 2.76. The lowest BCUT2D eigenvalue weighted by Crippen LogP contribution is -2.55. The Morgan fingerprint density at radius 3 is 2.59 bits per heavy atom. The van der Waals surface area contributed by atoms with E-state index in [0.29, 0.717) is 5.41 Å². The Labute approximate surface area is 101 Å². The highest BCUT2D eigenvalue weighted by atomic mass is 19.1. The lowest BCUT2D eigenvalue weighted by atomic mass is 9.78. The van der Waals surface area contributed by atoms with Crippen molar-refractivity contribution in [1.82, 2.24) is 0 Å². The van der Waals surface area contributed by atoms with Gasteiger partial charge >= 0.3 is 0 Å². The summed E-state index contributed by atoms with van der Waals surface area (Å²) in [5, 5.41) is 9.01. The van der Waals surface area contributed by atoms with Gasteiger partial charge in [-0.2, -0.15) is 5.26 Å². The second-order valence-electron chi connectivity index (χ2n) is 5.31. The molecule has 0 aromatic heterocycles. The topological polar surface area (TPSA) is 27.0 Å². The minimum Gasteiger partial charge on any atom is -0.369 e. The fourth-order valence-corrected chi connectivity index (χ4v) is 3.26. The van der Waals surface area contributed by atoms with E-state index in [1.165, 1.54) is 31.7 Å². The van der Waals surface area contributed by atoms with Crippen LogP contribution in [0.25, 0.3) is 0 Å². The molecule has 0 bridgehead atoms. The van der Waals surface area contributed by atoms with Gasteiger partial charge in [0.25, 0.3) is 0 Å². The Morgan fingerprint density at radius 1 is 1.24 bits per heavy atom. The van der Waals surface area contributed by atoms with Crippen molar-refractivity contribution in [2.75, 3.05) is 18.0 Å². The zero-order valence-corrected chi connectivity index (χ0v) is 9.75. The molecule has 1 saturated carbocycles. The lowest BCUT2D eigenvalue weighted by molar-refractivity contribution is 0.221. The number of rotatable bonds is 1. The maximum absolute atomic E-state index is 13.5. The van der Waals surface area contributed by atoms with Crippen LogP contribution < -0.4 is 4.90 Å². The minimum atomic E-state index is -0.405. The van der Waals surface area contributed by atoms with Crippen molar-refractivity contribution in [3.63, 3.8) is 0 Å². The highest BCUT2D eigenvalue weighted by Crippen LogP contribution is 2.47. The first-order valence-corrected chi connectivity index (χ1v) is 6.18. The number of nitrogens with zero attached hydrogens (tertiary/aromatic N) is 2. The van der Waals surface area contributed by atoms with Crippen LogP contribution in [0.5, 0.6) is 0 Å². The summed E-state index contributed by atoms with van der Waals surface area (Å²) in [5.74, 6) is -0.405. The first kappa shape index (κ1) is 10.6. The van der Waals surface area contributed by atoms with Crippen molar-refractivity contribution in [2.24, 2.45) is 5.41 Å². The van der Waals surface area contributed by atoms with Crippen LogP contribution in [0.4, 0.5) is 10.1 Å². The SMILES string of the molecule is N#Cc1c(F)cccc1N1CC2(CCCC2)C1. The number of halogens is 1. The Morgan fingerprint density at radius 2 is 1.94 bits per heavy atom. The number of hydrogen-bond acceptors (Lipinski definition) is 2. The number of nitriles is 1. The zero-order chi connectivity index (χ0) is 11.9. The summed E-state index contributed by atoms with van der Waals surface area (Å²) < 4.78 is 13.5. The summed E-state index contributed by atoms with van der Waals surface area (Å²) in [6, 6.07) is 6.87. The quantitative estimate of drug-likeness (QED) is 0.741. The van der Waals surface area contributed by atoms with E-state index < -0.39 is 5.82 Å². The van der Waals surface area contributed by atoms with Gasteiger partial charge in [0.2, 0.25) is 0 Å². The van der Waals surface area contributed by atoms with Crippen molar-refractivity contribution >= 4 is 5.69 Å². The molecule has 1 aliphatic heterocycles. The first-order chi connectivity index (χ1) is 8.24. The molecule has 1 spiro atoms. The molecule has 1 aliphatic carbocycles. The van der Waals surface area contributed by atoms with Gasteiger partial charge in [0.05, 0.1) is 5.69 Å².